The van der Waals surface area contributed by atoms with Crippen LogP contribution in [0.1, 0.15) is 5.56 Å². The maximum absolute atomic E-state index is 11.5. The largest absolute Gasteiger partial charge is 0.457 e. The van der Waals surface area contributed by atoms with E-state index >= 15 is 0 Å². The number of H-pyrrole nitrogens is 1. The highest BCUT2D eigenvalue weighted by Gasteiger charge is 2.05. The average Bonchev–Trinajstić information content (AvgIpc) is 3.01. The lowest BCUT2D eigenvalue weighted by Crippen LogP contribution is -2.17. The van der Waals surface area contributed by atoms with Gasteiger partial charge in [-0.05, 0) is 42.0 Å². The van der Waals surface area contributed by atoms with Crippen molar-refractivity contribution in [2.24, 2.45) is 0 Å². The molecule has 0 aliphatic carbocycles. The predicted octanol–water partition coefficient (Wildman–Crippen LogP) is 3.76. The van der Waals surface area contributed by atoms with E-state index in [9.17, 15) is 9.59 Å². The summed E-state index contributed by atoms with van der Waals surface area (Å²) in [4.78, 5) is 24.6. The molecule has 1 heterocycles. The number of hydrogen-bond donors (Lipinski definition) is 1. The number of nitrogens with zero attached hydrogens (tertiary/aromatic N) is 1. The number of hydrogen-bond acceptors (Lipinski definition) is 5. The third-order valence-electron chi connectivity index (χ3n) is 3.90. The van der Waals surface area contributed by atoms with Gasteiger partial charge in [-0.15, -0.1) is 4.74 Å². The van der Waals surface area contributed by atoms with E-state index in [-0.39, 0.29) is 6.54 Å². The number of nitrogens with one attached hydrogen (secondary N) is 1. The molecule has 0 aliphatic heterocycles. The van der Waals surface area contributed by atoms with Gasteiger partial charge in [0.05, 0.1) is 6.54 Å². The van der Waals surface area contributed by atoms with Crippen molar-refractivity contribution in [1.82, 2.24) is 9.72 Å². The molecule has 0 saturated heterocycles. The molecule has 3 aromatic carbocycles. The Morgan fingerprint density at radius 2 is 1.36 bits per heavy atom. The highest BCUT2D eigenvalue weighted by Crippen LogP contribution is 2.28. The van der Waals surface area contributed by atoms with Crippen LogP contribution in [0.15, 0.2) is 93.0 Å². The van der Waals surface area contributed by atoms with Crippen molar-refractivity contribution < 1.29 is 14.0 Å². The van der Waals surface area contributed by atoms with Crippen LogP contribution in [0.25, 0.3) is 0 Å². The van der Waals surface area contributed by atoms with Gasteiger partial charge in [0, 0.05) is 6.07 Å². The number of aromatic nitrogens is 2. The van der Waals surface area contributed by atoms with Crippen LogP contribution in [0.2, 0.25) is 0 Å². The summed E-state index contributed by atoms with van der Waals surface area (Å²) in [5.41, 5.74) is 0.207. The minimum Gasteiger partial charge on any atom is -0.457 e. The third-order valence-corrected chi connectivity index (χ3v) is 3.90. The molecule has 7 heteroatoms. The first kappa shape index (κ1) is 17.4. The van der Waals surface area contributed by atoms with Gasteiger partial charge in [-0.2, -0.15) is 0 Å². The predicted molar refractivity (Wildman–Crippen MR) is 102 cm³/mol. The van der Waals surface area contributed by atoms with E-state index in [0.29, 0.717) is 17.2 Å². The zero-order valence-corrected chi connectivity index (χ0v) is 14.7. The van der Waals surface area contributed by atoms with E-state index in [1.165, 1.54) is 0 Å². The van der Waals surface area contributed by atoms with Crippen LogP contribution in [-0.2, 0) is 6.54 Å². The summed E-state index contributed by atoms with van der Waals surface area (Å²) in [6, 6.07) is 24.0. The normalized spacial score (nSPS) is 10.6. The number of rotatable bonds is 6. The Labute approximate surface area is 159 Å². The molecule has 7 nitrogen and oxygen atoms in total. The number of ether oxygens (including phenoxy) is 2. The summed E-state index contributed by atoms with van der Waals surface area (Å²) >= 11 is 0. The Hall–Kier alpha value is -4.00. The second-order valence-electron chi connectivity index (χ2n) is 5.98. The molecule has 0 aliphatic rings. The third kappa shape index (κ3) is 4.21. The fourth-order valence-corrected chi connectivity index (χ4v) is 2.61. The Morgan fingerprint density at radius 1 is 0.750 bits per heavy atom. The quantitative estimate of drug-likeness (QED) is 0.554. The molecule has 4 aromatic rings. The molecule has 140 valence electrons. The van der Waals surface area contributed by atoms with Gasteiger partial charge in [-0.1, -0.05) is 36.4 Å². The number of benzene rings is 3. The molecule has 0 spiro atoms. The van der Waals surface area contributed by atoms with E-state index in [1.54, 1.807) is 30.3 Å². The summed E-state index contributed by atoms with van der Waals surface area (Å²) in [6.45, 7) is 0.151. The first-order chi connectivity index (χ1) is 13.7. The molecule has 1 aromatic heterocycles. The van der Waals surface area contributed by atoms with Crippen molar-refractivity contribution in [3.05, 3.63) is 105 Å². The zero-order valence-electron chi connectivity index (χ0n) is 14.7. The van der Waals surface area contributed by atoms with Crippen molar-refractivity contribution in [3.63, 3.8) is 0 Å². The molecule has 0 fully saturated rings. The lowest BCUT2D eigenvalue weighted by molar-refractivity contribution is 0.258. The first-order valence-electron chi connectivity index (χ1n) is 8.56. The van der Waals surface area contributed by atoms with E-state index in [1.807, 2.05) is 53.5 Å². The van der Waals surface area contributed by atoms with Gasteiger partial charge in [-0.3, -0.25) is 0 Å². The lowest BCUT2D eigenvalue weighted by Gasteiger charge is -2.09. The Morgan fingerprint density at radius 3 is 1.96 bits per heavy atom. The van der Waals surface area contributed by atoms with Crippen LogP contribution >= 0.6 is 0 Å². The summed E-state index contributed by atoms with van der Waals surface area (Å²) < 4.78 is 17.4. The second-order valence-corrected chi connectivity index (χ2v) is 5.98. The van der Waals surface area contributed by atoms with E-state index < -0.39 is 11.4 Å². The van der Waals surface area contributed by atoms with E-state index in [2.05, 4.69) is 0 Å². The van der Waals surface area contributed by atoms with Gasteiger partial charge in [0.1, 0.15) is 23.0 Å². The molecule has 28 heavy (non-hydrogen) atoms. The van der Waals surface area contributed by atoms with Gasteiger partial charge in [0.15, 0.2) is 0 Å². The molecule has 0 atom stereocenters. The fourth-order valence-electron chi connectivity index (χ4n) is 2.61. The van der Waals surface area contributed by atoms with Crippen LogP contribution in [0.4, 0.5) is 0 Å². The average molecular weight is 376 g/mol. The molecule has 0 bridgehead atoms. The minimum absolute atomic E-state index is 0.151. The Bertz CT molecular complexity index is 1170. The highest BCUT2D eigenvalue weighted by molar-refractivity contribution is 5.39. The Kier molecular flexibility index (Phi) is 4.79. The second kappa shape index (κ2) is 7.71. The summed E-state index contributed by atoms with van der Waals surface area (Å²) in [6.07, 6.45) is 0. The van der Waals surface area contributed by atoms with Crippen molar-refractivity contribution in [2.75, 3.05) is 0 Å². The van der Waals surface area contributed by atoms with Crippen LogP contribution in [0.3, 0.4) is 0 Å². The minimum atomic E-state index is -0.775. The molecule has 0 unspecified atom stereocenters. The number of aromatic amines is 1. The van der Waals surface area contributed by atoms with Crippen molar-refractivity contribution in [2.45, 2.75) is 6.54 Å². The van der Waals surface area contributed by atoms with E-state index in [0.717, 1.165) is 16.1 Å². The maximum Gasteiger partial charge on any atom is 0.440 e. The van der Waals surface area contributed by atoms with Gasteiger partial charge in [0.2, 0.25) is 0 Å². The molecular formula is C21H16N2O5. The molecule has 0 radical (unpaired) electrons. The van der Waals surface area contributed by atoms with Gasteiger partial charge in [-0.25, -0.2) is 14.6 Å². The van der Waals surface area contributed by atoms with Crippen LogP contribution in [0, 0.1) is 0 Å². The smallest absolute Gasteiger partial charge is 0.440 e. The van der Waals surface area contributed by atoms with Gasteiger partial charge in [0.25, 0.3) is 0 Å². The first-order valence-corrected chi connectivity index (χ1v) is 8.56. The van der Waals surface area contributed by atoms with E-state index in [4.69, 9.17) is 14.0 Å². The van der Waals surface area contributed by atoms with Crippen molar-refractivity contribution >= 4 is 0 Å². The summed E-state index contributed by atoms with van der Waals surface area (Å²) in [5.74, 6) is 1.90. The molecular weight excluding hydrogens is 360 g/mol. The summed E-state index contributed by atoms with van der Waals surface area (Å²) in [5, 5.41) is 0. The zero-order chi connectivity index (χ0) is 19.3. The SMILES string of the molecule is O=c1[nH]c(=O)n(Cc2ccc(Oc3cccc(Oc4ccccc4)c3)cc2)o1. The van der Waals surface area contributed by atoms with Crippen molar-refractivity contribution in [3.8, 4) is 23.0 Å². The number of para-hydroxylation sites is 1. The van der Waals surface area contributed by atoms with Crippen LogP contribution in [-0.4, -0.2) is 9.72 Å². The maximum atomic E-state index is 11.5. The summed E-state index contributed by atoms with van der Waals surface area (Å²) in [7, 11) is 0. The standard InChI is InChI=1S/C21H16N2O5/c24-20-22-21(25)28-23(20)14-15-9-11-17(12-10-15)27-19-8-4-7-18(13-19)26-16-5-2-1-3-6-16/h1-13H,14H2,(H,22,24,25). The van der Waals surface area contributed by atoms with Gasteiger partial charge < -0.3 is 14.0 Å². The molecule has 0 saturated carbocycles. The molecule has 0 amide bonds. The van der Waals surface area contributed by atoms with Gasteiger partial charge >= 0.3 is 11.4 Å². The fraction of sp³-hybridized carbons (Fsp3) is 0.0476. The molecule has 1 N–H and O–H groups in total. The Balaban J connectivity index is 1.44. The topological polar surface area (TPSA) is 86.5 Å². The van der Waals surface area contributed by atoms with Crippen LogP contribution in [0.5, 0.6) is 23.0 Å². The molecule has 4 rings (SSSR count). The highest BCUT2D eigenvalue weighted by atomic mass is 16.5. The van der Waals surface area contributed by atoms with Crippen molar-refractivity contribution in [1.29, 1.82) is 0 Å². The monoisotopic (exact) mass is 376 g/mol. The van der Waals surface area contributed by atoms with Crippen LogP contribution < -0.4 is 20.9 Å². The lowest BCUT2D eigenvalue weighted by atomic mass is 10.2.